The molecule has 5 heteroatoms. The molecule has 23 heavy (non-hydrogen) atoms. The average Bonchev–Trinajstić information content (AvgIpc) is 3.06. The minimum atomic E-state index is -0.0847. The zero-order valence-electron chi connectivity index (χ0n) is 12.6. The highest BCUT2D eigenvalue weighted by molar-refractivity contribution is 7.99. The second-order valence-corrected chi connectivity index (χ2v) is 6.43. The summed E-state index contributed by atoms with van der Waals surface area (Å²) in [5, 5.41) is 4.95. The van der Waals surface area contributed by atoms with Crippen LogP contribution in [-0.2, 0) is 0 Å². The summed E-state index contributed by atoms with van der Waals surface area (Å²) >= 11 is 2.97. The van der Waals surface area contributed by atoms with E-state index in [1.165, 1.54) is 23.3 Å². The van der Waals surface area contributed by atoms with E-state index in [9.17, 15) is 4.79 Å². The smallest absolute Gasteiger partial charge is 0.265 e. The number of amides is 1. The van der Waals surface area contributed by atoms with Gasteiger partial charge in [0.05, 0.1) is 4.88 Å². The van der Waals surface area contributed by atoms with Gasteiger partial charge < -0.3 is 10.0 Å². The Kier molecular flexibility index (Phi) is 5.00. The quantitative estimate of drug-likeness (QED) is 0.615. The molecule has 0 aliphatic rings. The molecule has 116 valence electrons. The maximum atomic E-state index is 12.4. The maximum Gasteiger partial charge on any atom is 0.265 e. The first-order valence-electron chi connectivity index (χ1n) is 7.10. The van der Waals surface area contributed by atoms with Crippen LogP contribution < -0.4 is 10.0 Å². The number of carbonyl (C=O) groups is 1. The predicted octanol–water partition coefficient (Wildman–Crippen LogP) is 5.36. The number of rotatable bonds is 5. The van der Waals surface area contributed by atoms with Crippen LogP contribution in [0.15, 0.2) is 66.0 Å². The zero-order chi connectivity index (χ0) is 16.1. The Labute approximate surface area is 143 Å². The van der Waals surface area contributed by atoms with Crippen LogP contribution in [0.3, 0.4) is 0 Å². The molecule has 1 heterocycles. The van der Waals surface area contributed by atoms with Gasteiger partial charge in [-0.3, -0.25) is 4.79 Å². The van der Waals surface area contributed by atoms with Crippen molar-refractivity contribution in [2.75, 3.05) is 16.3 Å². The number of carbonyl (C=O) groups excluding carboxylic acids is 1. The average molecular weight is 340 g/mol. The van der Waals surface area contributed by atoms with Gasteiger partial charge in [-0.05, 0) is 40.8 Å². The van der Waals surface area contributed by atoms with E-state index in [0.717, 1.165) is 22.5 Å². The lowest BCUT2D eigenvalue weighted by Crippen LogP contribution is -2.10. The van der Waals surface area contributed by atoms with Crippen molar-refractivity contribution in [2.24, 2.45) is 0 Å². The van der Waals surface area contributed by atoms with E-state index >= 15 is 0 Å². The second kappa shape index (κ2) is 7.35. The molecule has 2 aromatic carbocycles. The predicted molar refractivity (Wildman–Crippen MR) is 101 cm³/mol. The van der Waals surface area contributed by atoms with Crippen molar-refractivity contribution in [1.82, 2.24) is 0 Å². The number of nitrogens with one attached hydrogen (secondary N) is 2. The van der Waals surface area contributed by atoms with Crippen LogP contribution >= 0.6 is 23.3 Å². The summed E-state index contributed by atoms with van der Waals surface area (Å²) in [4.78, 5) is 13.1. The molecule has 0 spiro atoms. The van der Waals surface area contributed by atoms with Crippen LogP contribution in [0.4, 0.5) is 11.4 Å². The lowest BCUT2D eigenvalue weighted by molar-refractivity contribution is 0.103. The van der Waals surface area contributed by atoms with E-state index in [1.807, 2.05) is 72.3 Å². The molecule has 0 saturated carbocycles. The lowest BCUT2D eigenvalue weighted by atomic mass is 10.1. The summed E-state index contributed by atoms with van der Waals surface area (Å²) in [7, 11) is 0. The number of hydrogen-bond acceptors (Lipinski definition) is 4. The van der Waals surface area contributed by atoms with E-state index in [-0.39, 0.29) is 5.91 Å². The molecule has 1 amide bonds. The van der Waals surface area contributed by atoms with E-state index < -0.39 is 0 Å². The van der Waals surface area contributed by atoms with E-state index in [2.05, 4.69) is 10.0 Å². The van der Waals surface area contributed by atoms with Crippen molar-refractivity contribution in [2.45, 2.75) is 0 Å². The SMILES string of the molecule is CSNc1cccc(NC(=O)c2cc(-c3ccccc3)cs2)c1. The van der Waals surface area contributed by atoms with Crippen molar-refractivity contribution in [1.29, 1.82) is 0 Å². The third kappa shape index (κ3) is 3.94. The Hall–Kier alpha value is -2.24. The minimum absolute atomic E-state index is 0.0847. The van der Waals surface area contributed by atoms with Gasteiger partial charge >= 0.3 is 0 Å². The largest absolute Gasteiger partial charge is 0.330 e. The molecule has 0 aliphatic heterocycles. The topological polar surface area (TPSA) is 41.1 Å². The normalized spacial score (nSPS) is 10.3. The molecule has 0 saturated heterocycles. The monoisotopic (exact) mass is 340 g/mol. The van der Waals surface area contributed by atoms with Gasteiger partial charge in [-0.2, -0.15) is 0 Å². The molecule has 0 atom stereocenters. The summed E-state index contributed by atoms with van der Waals surface area (Å²) in [6, 6.07) is 19.7. The van der Waals surface area contributed by atoms with Crippen molar-refractivity contribution in [3.05, 3.63) is 70.9 Å². The first-order valence-corrected chi connectivity index (χ1v) is 9.21. The Balaban J connectivity index is 1.74. The molecule has 3 aromatic rings. The van der Waals surface area contributed by atoms with Crippen molar-refractivity contribution in [3.8, 4) is 11.1 Å². The molecular formula is C18H16N2OS2. The third-order valence-electron chi connectivity index (χ3n) is 3.27. The summed E-state index contributed by atoms with van der Waals surface area (Å²) in [6.45, 7) is 0. The number of thiophene rings is 1. The molecule has 0 aliphatic carbocycles. The first-order chi connectivity index (χ1) is 11.3. The highest BCUT2D eigenvalue weighted by atomic mass is 32.2. The number of anilines is 2. The fourth-order valence-electron chi connectivity index (χ4n) is 2.21. The van der Waals surface area contributed by atoms with Crippen LogP contribution in [0.5, 0.6) is 0 Å². The van der Waals surface area contributed by atoms with Gasteiger partial charge in [-0.15, -0.1) is 11.3 Å². The summed E-state index contributed by atoms with van der Waals surface area (Å²) < 4.78 is 3.15. The third-order valence-corrected chi connectivity index (χ3v) is 4.64. The van der Waals surface area contributed by atoms with Gasteiger partial charge in [-0.1, -0.05) is 48.3 Å². The van der Waals surface area contributed by atoms with Gasteiger partial charge in [-0.25, -0.2) is 0 Å². The molecular weight excluding hydrogens is 324 g/mol. The van der Waals surface area contributed by atoms with Gasteiger partial charge in [0.15, 0.2) is 0 Å². The molecule has 0 bridgehead atoms. The van der Waals surface area contributed by atoms with Crippen molar-refractivity contribution >= 4 is 40.6 Å². The molecule has 2 N–H and O–H groups in total. The fourth-order valence-corrected chi connectivity index (χ4v) is 3.38. The molecule has 3 rings (SSSR count). The van der Waals surface area contributed by atoms with E-state index in [1.54, 1.807) is 0 Å². The summed E-state index contributed by atoms with van der Waals surface area (Å²) in [5.41, 5.74) is 3.93. The van der Waals surface area contributed by atoms with E-state index in [0.29, 0.717) is 4.88 Å². The van der Waals surface area contributed by atoms with Crippen LogP contribution in [0.25, 0.3) is 11.1 Å². The second-order valence-electron chi connectivity index (χ2n) is 4.91. The Morgan fingerprint density at radius 2 is 1.74 bits per heavy atom. The Bertz CT molecular complexity index is 800. The van der Waals surface area contributed by atoms with Gasteiger partial charge in [0.25, 0.3) is 5.91 Å². The molecule has 3 nitrogen and oxygen atoms in total. The standard InChI is InChI=1S/C18H16N2OS2/c1-22-20-16-9-5-8-15(11-16)19-18(21)17-10-14(12-23-17)13-6-3-2-4-7-13/h2-12,20H,1H3,(H,19,21). The highest BCUT2D eigenvalue weighted by Crippen LogP contribution is 2.26. The molecule has 0 radical (unpaired) electrons. The van der Waals surface area contributed by atoms with Crippen LogP contribution in [-0.4, -0.2) is 12.2 Å². The summed E-state index contributed by atoms with van der Waals surface area (Å²) in [5.74, 6) is -0.0847. The Morgan fingerprint density at radius 1 is 0.957 bits per heavy atom. The summed E-state index contributed by atoms with van der Waals surface area (Å²) in [6.07, 6.45) is 1.96. The van der Waals surface area contributed by atoms with E-state index in [4.69, 9.17) is 0 Å². The molecule has 1 aromatic heterocycles. The maximum absolute atomic E-state index is 12.4. The van der Waals surface area contributed by atoms with Gasteiger partial charge in [0.2, 0.25) is 0 Å². The zero-order valence-corrected chi connectivity index (χ0v) is 14.2. The highest BCUT2D eigenvalue weighted by Gasteiger charge is 2.10. The van der Waals surface area contributed by atoms with Crippen molar-refractivity contribution < 1.29 is 4.79 Å². The molecule has 0 fully saturated rings. The fraction of sp³-hybridized carbons (Fsp3) is 0.0556. The lowest BCUT2D eigenvalue weighted by Gasteiger charge is -2.06. The van der Waals surface area contributed by atoms with Crippen LogP contribution in [0.2, 0.25) is 0 Å². The first kappa shape index (κ1) is 15.6. The van der Waals surface area contributed by atoms with Gasteiger partial charge in [0.1, 0.15) is 0 Å². The molecule has 0 unspecified atom stereocenters. The number of hydrogen-bond donors (Lipinski definition) is 2. The number of benzene rings is 2. The Morgan fingerprint density at radius 3 is 2.52 bits per heavy atom. The van der Waals surface area contributed by atoms with Crippen LogP contribution in [0.1, 0.15) is 9.67 Å². The van der Waals surface area contributed by atoms with Gasteiger partial charge in [0, 0.05) is 17.6 Å². The van der Waals surface area contributed by atoms with Crippen LogP contribution in [0, 0.1) is 0 Å². The van der Waals surface area contributed by atoms with Crippen molar-refractivity contribution in [3.63, 3.8) is 0 Å². The minimum Gasteiger partial charge on any atom is -0.330 e.